The monoisotopic (exact) mass is 433 g/mol. The van der Waals surface area contributed by atoms with E-state index >= 15 is 0 Å². The fourth-order valence-electron chi connectivity index (χ4n) is 3.46. The van der Waals surface area contributed by atoms with Gasteiger partial charge in [-0.25, -0.2) is 0 Å². The molecule has 0 saturated heterocycles. The van der Waals surface area contributed by atoms with Gasteiger partial charge in [0, 0.05) is 21.5 Å². The van der Waals surface area contributed by atoms with Crippen LogP contribution < -0.4 is 5.32 Å². The third kappa shape index (κ3) is 4.02. The number of furan rings is 1. The maximum Gasteiger partial charge on any atom is 0.267 e. The van der Waals surface area contributed by atoms with E-state index in [9.17, 15) is 15.3 Å². The molecule has 1 aromatic carbocycles. The van der Waals surface area contributed by atoms with E-state index < -0.39 is 5.91 Å². The second kappa shape index (κ2) is 8.59. The zero-order valence-corrected chi connectivity index (χ0v) is 17.4. The number of thiophene rings is 1. The molecular formula is C23H16ClN3O2S. The number of fused-ring (bicyclic) bond motifs is 1. The van der Waals surface area contributed by atoms with Gasteiger partial charge in [0.15, 0.2) is 0 Å². The number of carbonyl (C=O) groups excluding carboxylic acids is 1. The predicted octanol–water partition coefficient (Wildman–Crippen LogP) is 5.96. The maximum absolute atomic E-state index is 12.7. The average molecular weight is 434 g/mol. The van der Waals surface area contributed by atoms with Gasteiger partial charge in [0.1, 0.15) is 34.2 Å². The van der Waals surface area contributed by atoms with Crippen molar-refractivity contribution in [3.63, 3.8) is 0 Å². The first-order valence-corrected chi connectivity index (χ1v) is 10.6. The third-order valence-electron chi connectivity index (χ3n) is 4.90. The van der Waals surface area contributed by atoms with Crippen LogP contribution in [0.5, 0.6) is 0 Å². The van der Waals surface area contributed by atoms with Gasteiger partial charge < -0.3 is 9.73 Å². The SMILES string of the molecule is N#C/C(=C\c1ccc(-c2cccc(Cl)c2)o1)C(=O)Nc1sc2c(c1C#N)CCCC2. The lowest BCUT2D eigenvalue weighted by atomic mass is 9.96. The lowest BCUT2D eigenvalue weighted by Gasteiger charge is -2.09. The van der Waals surface area contributed by atoms with Gasteiger partial charge >= 0.3 is 0 Å². The van der Waals surface area contributed by atoms with Crippen LogP contribution >= 0.6 is 22.9 Å². The fraction of sp³-hybridized carbons (Fsp3) is 0.174. The predicted molar refractivity (Wildman–Crippen MR) is 117 cm³/mol. The molecule has 0 fully saturated rings. The van der Waals surface area contributed by atoms with Crippen molar-refractivity contribution in [2.45, 2.75) is 25.7 Å². The molecule has 7 heteroatoms. The van der Waals surface area contributed by atoms with E-state index in [-0.39, 0.29) is 5.57 Å². The number of nitrogens with one attached hydrogen (secondary N) is 1. The van der Waals surface area contributed by atoms with Crippen molar-refractivity contribution in [1.82, 2.24) is 0 Å². The Hall–Kier alpha value is -3.32. The van der Waals surface area contributed by atoms with Crippen LogP contribution in [0.25, 0.3) is 17.4 Å². The molecule has 148 valence electrons. The number of anilines is 1. The normalized spacial score (nSPS) is 13.2. The van der Waals surface area contributed by atoms with Crippen molar-refractivity contribution in [3.05, 3.63) is 68.8 Å². The highest BCUT2D eigenvalue weighted by atomic mass is 35.5. The lowest BCUT2D eigenvalue weighted by molar-refractivity contribution is -0.112. The summed E-state index contributed by atoms with van der Waals surface area (Å²) in [5.74, 6) is 0.398. The quantitative estimate of drug-likeness (QED) is 0.406. The van der Waals surface area contributed by atoms with Crippen LogP contribution in [-0.4, -0.2) is 5.91 Å². The second-order valence-corrected chi connectivity index (χ2v) is 8.40. The minimum Gasteiger partial charge on any atom is -0.457 e. The van der Waals surface area contributed by atoms with Crippen LogP contribution in [0.3, 0.4) is 0 Å². The van der Waals surface area contributed by atoms with E-state index in [0.717, 1.165) is 41.7 Å². The van der Waals surface area contributed by atoms with Crippen LogP contribution in [0.2, 0.25) is 5.02 Å². The summed E-state index contributed by atoms with van der Waals surface area (Å²) in [6.07, 6.45) is 5.29. The first-order valence-electron chi connectivity index (χ1n) is 9.42. The molecule has 0 atom stereocenters. The Bertz CT molecular complexity index is 1240. The van der Waals surface area contributed by atoms with Gasteiger partial charge in [-0.3, -0.25) is 4.79 Å². The van der Waals surface area contributed by atoms with E-state index in [4.69, 9.17) is 16.0 Å². The van der Waals surface area contributed by atoms with Crippen molar-refractivity contribution < 1.29 is 9.21 Å². The van der Waals surface area contributed by atoms with Gasteiger partial charge in [-0.15, -0.1) is 11.3 Å². The van der Waals surface area contributed by atoms with E-state index in [1.807, 2.05) is 18.2 Å². The molecule has 1 aliphatic rings. The number of nitriles is 2. The van der Waals surface area contributed by atoms with Crippen molar-refractivity contribution in [2.24, 2.45) is 0 Å². The Labute approximate surface area is 182 Å². The molecule has 1 N–H and O–H groups in total. The molecule has 2 aromatic heterocycles. The van der Waals surface area contributed by atoms with Crippen molar-refractivity contribution in [2.75, 3.05) is 5.32 Å². The molecule has 0 radical (unpaired) electrons. The highest BCUT2D eigenvalue weighted by molar-refractivity contribution is 7.16. The minimum atomic E-state index is -0.562. The second-order valence-electron chi connectivity index (χ2n) is 6.86. The Morgan fingerprint density at radius 3 is 2.80 bits per heavy atom. The van der Waals surface area contributed by atoms with Gasteiger partial charge in [0.25, 0.3) is 5.91 Å². The van der Waals surface area contributed by atoms with Gasteiger partial charge in [0.05, 0.1) is 5.56 Å². The maximum atomic E-state index is 12.7. The van der Waals surface area contributed by atoms with Gasteiger partial charge in [-0.2, -0.15) is 10.5 Å². The summed E-state index contributed by atoms with van der Waals surface area (Å²) >= 11 is 7.44. The van der Waals surface area contributed by atoms with Crippen molar-refractivity contribution >= 4 is 39.9 Å². The number of hydrogen-bond donors (Lipinski definition) is 1. The summed E-state index contributed by atoms with van der Waals surface area (Å²) in [6, 6.07) is 14.8. The molecule has 1 aliphatic carbocycles. The van der Waals surface area contributed by atoms with E-state index in [1.165, 1.54) is 17.4 Å². The van der Waals surface area contributed by atoms with E-state index in [2.05, 4.69) is 11.4 Å². The highest BCUT2D eigenvalue weighted by Gasteiger charge is 2.22. The summed E-state index contributed by atoms with van der Waals surface area (Å²) in [5, 5.41) is 22.9. The molecule has 0 spiro atoms. The van der Waals surface area contributed by atoms with Gasteiger partial charge in [-0.1, -0.05) is 23.7 Å². The molecule has 0 saturated carbocycles. The molecule has 5 nitrogen and oxygen atoms in total. The lowest BCUT2D eigenvalue weighted by Crippen LogP contribution is -2.13. The average Bonchev–Trinajstić information content (AvgIpc) is 3.35. The molecule has 3 aromatic rings. The number of carbonyl (C=O) groups is 1. The Morgan fingerprint density at radius 1 is 1.20 bits per heavy atom. The minimum absolute atomic E-state index is 0.0998. The van der Waals surface area contributed by atoms with Crippen molar-refractivity contribution in [1.29, 1.82) is 10.5 Å². The number of hydrogen-bond acceptors (Lipinski definition) is 5. The van der Waals surface area contributed by atoms with Crippen LogP contribution in [0, 0.1) is 22.7 Å². The highest BCUT2D eigenvalue weighted by Crippen LogP contribution is 2.37. The Morgan fingerprint density at radius 2 is 2.03 bits per heavy atom. The summed E-state index contributed by atoms with van der Waals surface area (Å²) in [6.45, 7) is 0. The third-order valence-corrected chi connectivity index (χ3v) is 6.34. The first-order chi connectivity index (χ1) is 14.6. The number of benzene rings is 1. The smallest absolute Gasteiger partial charge is 0.267 e. The largest absolute Gasteiger partial charge is 0.457 e. The van der Waals surface area contributed by atoms with Crippen LogP contribution in [-0.2, 0) is 17.6 Å². The number of rotatable bonds is 4. The van der Waals surface area contributed by atoms with Crippen LogP contribution in [0.4, 0.5) is 5.00 Å². The molecular weight excluding hydrogens is 418 g/mol. The topological polar surface area (TPSA) is 89.8 Å². The Balaban J connectivity index is 1.57. The number of amides is 1. The molecule has 30 heavy (non-hydrogen) atoms. The molecule has 0 aliphatic heterocycles. The van der Waals surface area contributed by atoms with Gasteiger partial charge in [0.2, 0.25) is 0 Å². The number of nitrogens with zero attached hydrogens (tertiary/aromatic N) is 2. The zero-order chi connectivity index (χ0) is 21.1. The Kier molecular flexibility index (Phi) is 5.72. The van der Waals surface area contributed by atoms with Crippen molar-refractivity contribution in [3.8, 4) is 23.5 Å². The number of aryl methyl sites for hydroxylation is 1. The zero-order valence-electron chi connectivity index (χ0n) is 15.9. The molecule has 0 bridgehead atoms. The van der Waals surface area contributed by atoms with E-state index in [1.54, 1.807) is 24.3 Å². The molecule has 0 unspecified atom stereocenters. The molecule has 1 amide bonds. The molecule has 2 heterocycles. The first kappa shape index (κ1) is 20.0. The summed E-state index contributed by atoms with van der Waals surface area (Å²) in [7, 11) is 0. The number of halogens is 1. The summed E-state index contributed by atoms with van der Waals surface area (Å²) in [5.41, 5.74) is 2.25. The van der Waals surface area contributed by atoms with E-state index in [0.29, 0.717) is 27.1 Å². The van der Waals surface area contributed by atoms with Gasteiger partial charge in [-0.05, 0) is 55.5 Å². The standard InChI is InChI=1S/C23H16ClN3O2S/c24-16-5-3-4-14(10-16)20-9-8-17(29-20)11-15(12-25)22(28)27-23-19(13-26)18-6-1-2-7-21(18)30-23/h3-5,8-11H,1-2,6-7H2,(H,27,28)/b15-11+. The summed E-state index contributed by atoms with van der Waals surface area (Å²) in [4.78, 5) is 13.8. The fourth-order valence-corrected chi connectivity index (χ4v) is 4.89. The van der Waals surface area contributed by atoms with Crippen LogP contribution in [0.15, 0.2) is 46.4 Å². The van der Waals surface area contributed by atoms with Crippen LogP contribution in [0.1, 0.15) is 34.6 Å². The summed E-state index contributed by atoms with van der Waals surface area (Å²) < 4.78 is 5.75. The molecule has 4 rings (SSSR count).